The Bertz CT molecular complexity index is 1200. The van der Waals surface area contributed by atoms with Crippen LogP contribution < -0.4 is 9.62 Å². The first-order chi connectivity index (χ1) is 18.0. The Morgan fingerprint density at radius 1 is 1.03 bits per heavy atom. The molecule has 1 fully saturated rings. The van der Waals surface area contributed by atoms with E-state index in [4.69, 9.17) is 0 Å². The molecule has 2 aromatic rings. The van der Waals surface area contributed by atoms with Gasteiger partial charge in [-0.15, -0.1) is 0 Å². The predicted octanol–water partition coefficient (Wildman–Crippen LogP) is 4.00. The van der Waals surface area contributed by atoms with E-state index in [-0.39, 0.29) is 24.2 Å². The van der Waals surface area contributed by atoms with Crippen LogP contribution in [0.15, 0.2) is 48.5 Å². The molecule has 0 radical (unpaired) electrons. The Balaban J connectivity index is 1.96. The summed E-state index contributed by atoms with van der Waals surface area (Å²) in [5, 5.41) is 3.13. The van der Waals surface area contributed by atoms with Gasteiger partial charge in [0.25, 0.3) is 0 Å². The summed E-state index contributed by atoms with van der Waals surface area (Å²) in [6.07, 6.45) is 5.46. The van der Waals surface area contributed by atoms with Crippen LogP contribution in [0.3, 0.4) is 0 Å². The SMILES string of the molecule is CCC(C(=O)NC1CCCCC1)N(Cc1ccccc1C)C(=O)CN(c1ccc(F)cc1)S(=O)(=O)N(C)C. The fourth-order valence-electron chi connectivity index (χ4n) is 4.76. The predicted molar refractivity (Wildman–Crippen MR) is 147 cm³/mol. The molecule has 3 rings (SSSR count). The lowest BCUT2D eigenvalue weighted by atomic mass is 9.95. The number of benzene rings is 2. The number of rotatable bonds is 11. The van der Waals surface area contributed by atoms with Gasteiger partial charge in [0.05, 0.1) is 5.69 Å². The van der Waals surface area contributed by atoms with Gasteiger partial charge < -0.3 is 10.2 Å². The van der Waals surface area contributed by atoms with Gasteiger partial charge in [0.15, 0.2) is 0 Å². The third-order valence-corrected chi connectivity index (χ3v) is 8.89. The maximum absolute atomic E-state index is 13.9. The van der Waals surface area contributed by atoms with E-state index in [1.165, 1.54) is 31.1 Å². The zero-order valence-corrected chi connectivity index (χ0v) is 23.5. The van der Waals surface area contributed by atoms with Gasteiger partial charge in [-0.1, -0.05) is 50.5 Å². The van der Waals surface area contributed by atoms with Crippen LogP contribution in [0, 0.1) is 12.7 Å². The Labute approximate surface area is 226 Å². The molecule has 0 saturated heterocycles. The molecule has 208 valence electrons. The molecule has 8 nitrogen and oxygen atoms in total. The van der Waals surface area contributed by atoms with Crippen molar-refractivity contribution in [3.8, 4) is 0 Å². The molecule has 1 aliphatic carbocycles. The van der Waals surface area contributed by atoms with Crippen molar-refractivity contribution in [3.63, 3.8) is 0 Å². The first-order valence-corrected chi connectivity index (χ1v) is 14.5. The number of nitrogens with zero attached hydrogens (tertiary/aromatic N) is 3. The maximum atomic E-state index is 13.9. The number of aryl methyl sites for hydroxylation is 1. The highest BCUT2D eigenvalue weighted by Gasteiger charge is 2.34. The number of halogens is 1. The van der Waals surface area contributed by atoms with E-state index in [9.17, 15) is 22.4 Å². The normalized spacial score (nSPS) is 15.2. The highest BCUT2D eigenvalue weighted by molar-refractivity contribution is 7.90. The van der Waals surface area contributed by atoms with E-state index in [1.807, 2.05) is 38.1 Å². The number of carbonyl (C=O) groups is 2. The van der Waals surface area contributed by atoms with E-state index in [2.05, 4.69) is 5.32 Å². The number of carbonyl (C=O) groups excluding carboxylic acids is 2. The molecular weight excluding hydrogens is 507 g/mol. The van der Waals surface area contributed by atoms with Gasteiger partial charge in [-0.25, -0.2) is 8.70 Å². The molecule has 1 unspecified atom stereocenters. The second-order valence-electron chi connectivity index (χ2n) is 9.99. The summed E-state index contributed by atoms with van der Waals surface area (Å²) in [6.45, 7) is 3.40. The molecule has 38 heavy (non-hydrogen) atoms. The van der Waals surface area contributed by atoms with Crippen molar-refractivity contribution in [1.29, 1.82) is 0 Å². The third kappa shape index (κ3) is 7.32. The molecule has 0 bridgehead atoms. The van der Waals surface area contributed by atoms with Crippen LogP contribution in [0.1, 0.15) is 56.6 Å². The summed E-state index contributed by atoms with van der Waals surface area (Å²) >= 11 is 0. The summed E-state index contributed by atoms with van der Waals surface area (Å²) < 4.78 is 42.0. The minimum atomic E-state index is -4.09. The minimum Gasteiger partial charge on any atom is -0.352 e. The Morgan fingerprint density at radius 2 is 1.66 bits per heavy atom. The number of anilines is 1. The molecule has 0 heterocycles. The molecule has 1 saturated carbocycles. The topological polar surface area (TPSA) is 90.0 Å². The van der Waals surface area contributed by atoms with E-state index in [0.29, 0.717) is 6.42 Å². The van der Waals surface area contributed by atoms with Crippen LogP contribution in [0.25, 0.3) is 0 Å². The van der Waals surface area contributed by atoms with E-state index in [0.717, 1.165) is 64.0 Å². The molecule has 1 atom stereocenters. The smallest absolute Gasteiger partial charge is 0.304 e. The average Bonchev–Trinajstić information content (AvgIpc) is 2.89. The second-order valence-corrected chi connectivity index (χ2v) is 12.1. The van der Waals surface area contributed by atoms with Crippen LogP contribution in [-0.2, 0) is 26.3 Å². The van der Waals surface area contributed by atoms with Crippen molar-refractivity contribution in [1.82, 2.24) is 14.5 Å². The van der Waals surface area contributed by atoms with Crippen molar-refractivity contribution in [2.24, 2.45) is 0 Å². The summed E-state index contributed by atoms with van der Waals surface area (Å²) in [5.41, 5.74) is 1.99. The monoisotopic (exact) mass is 546 g/mol. The second kappa shape index (κ2) is 13.2. The van der Waals surface area contributed by atoms with Crippen LogP contribution in [0.4, 0.5) is 10.1 Å². The van der Waals surface area contributed by atoms with Crippen LogP contribution in [0.5, 0.6) is 0 Å². The van der Waals surface area contributed by atoms with Crippen molar-refractivity contribution < 1.29 is 22.4 Å². The van der Waals surface area contributed by atoms with E-state index >= 15 is 0 Å². The summed E-state index contributed by atoms with van der Waals surface area (Å²) in [6, 6.07) is 11.8. The largest absolute Gasteiger partial charge is 0.352 e. The van der Waals surface area contributed by atoms with Gasteiger partial charge in [0.1, 0.15) is 18.4 Å². The lowest BCUT2D eigenvalue weighted by molar-refractivity contribution is -0.140. The Hall–Kier alpha value is -2.98. The first kappa shape index (κ1) is 29.6. The lowest BCUT2D eigenvalue weighted by Crippen LogP contribution is -2.54. The van der Waals surface area contributed by atoms with Crippen LogP contribution in [-0.4, -0.2) is 62.2 Å². The van der Waals surface area contributed by atoms with Crippen LogP contribution in [0.2, 0.25) is 0 Å². The van der Waals surface area contributed by atoms with Crippen LogP contribution >= 0.6 is 0 Å². The highest BCUT2D eigenvalue weighted by Crippen LogP contribution is 2.23. The van der Waals surface area contributed by atoms with Gasteiger partial charge in [-0.2, -0.15) is 12.7 Å². The summed E-state index contributed by atoms with van der Waals surface area (Å²) in [4.78, 5) is 28.9. The number of nitrogens with one attached hydrogen (secondary N) is 1. The highest BCUT2D eigenvalue weighted by atomic mass is 32.2. The fourth-order valence-corrected chi connectivity index (χ4v) is 5.81. The number of amides is 2. The van der Waals surface area contributed by atoms with Crippen molar-refractivity contribution in [2.45, 2.75) is 71.0 Å². The molecule has 1 N–H and O–H groups in total. The molecule has 2 amide bonds. The molecular formula is C28H39FN4O4S. The number of hydrogen-bond acceptors (Lipinski definition) is 4. The standard InChI is InChI=1S/C28H39FN4O4S/c1-5-26(28(35)30-24-13-7-6-8-14-24)32(19-22-12-10-9-11-21(22)2)27(34)20-33(38(36,37)31(3)4)25-17-15-23(29)16-18-25/h9-12,15-18,24,26H,5-8,13-14,19-20H2,1-4H3,(H,30,35). The van der Waals surface area contributed by atoms with Gasteiger partial charge in [0, 0.05) is 26.7 Å². The third-order valence-electron chi connectivity index (χ3n) is 7.07. The average molecular weight is 547 g/mol. The fraction of sp³-hybridized carbons (Fsp3) is 0.500. The zero-order valence-electron chi connectivity index (χ0n) is 22.7. The van der Waals surface area contributed by atoms with E-state index < -0.39 is 34.5 Å². The summed E-state index contributed by atoms with van der Waals surface area (Å²) in [7, 11) is -1.36. The van der Waals surface area contributed by atoms with Gasteiger partial charge in [-0.05, 0) is 61.6 Å². The molecule has 0 aliphatic heterocycles. The molecule has 0 aromatic heterocycles. The maximum Gasteiger partial charge on any atom is 0.304 e. The quantitative estimate of drug-likeness (QED) is 0.461. The molecule has 1 aliphatic rings. The first-order valence-electron chi connectivity index (χ1n) is 13.1. The molecule has 10 heteroatoms. The van der Waals surface area contributed by atoms with Gasteiger partial charge in [-0.3, -0.25) is 9.59 Å². The lowest BCUT2D eigenvalue weighted by Gasteiger charge is -2.35. The molecule has 2 aromatic carbocycles. The van der Waals surface area contributed by atoms with E-state index in [1.54, 1.807) is 0 Å². The summed E-state index contributed by atoms with van der Waals surface area (Å²) in [5.74, 6) is -1.27. The zero-order chi connectivity index (χ0) is 27.9. The molecule has 0 spiro atoms. The Kier molecular flexibility index (Phi) is 10.3. The van der Waals surface area contributed by atoms with Gasteiger partial charge >= 0.3 is 10.2 Å². The van der Waals surface area contributed by atoms with Crippen molar-refractivity contribution in [2.75, 3.05) is 24.9 Å². The number of hydrogen-bond donors (Lipinski definition) is 1. The minimum absolute atomic E-state index is 0.0746. The van der Waals surface area contributed by atoms with Crippen molar-refractivity contribution >= 4 is 27.7 Å². The van der Waals surface area contributed by atoms with Crippen molar-refractivity contribution in [3.05, 3.63) is 65.5 Å². The Morgan fingerprint density at radius 3 is 2.24 bits per heavy atom. The van der Waals surface area contributed by atoms with Gasteiger partial charge in [0.2, 0.25) is 11.8 Å².